The molecule has 2 aliphatic heterocycles. The van der Waals surface area contributed by atoms with Crippen LogP contribution < -0.4 is 10.6 Å². The van der Waals surface area contributed by atoms with E-state index in [0.29, 0.717) is 25.2 Å². The number of carbonyl (C=O) groups excluding carboxylic acids is 3. The predicted molar refractivity (Wildman–Crippen MR) is 111 cm³/mol. The summed E-state index contributed by atoms with van der Waals surface area (Å²) in [7, 11) is -3.64. The van der Waals surface area contributed by atoms with E-state index in [1.54, 1.807) is 12.1 Å². The maximum Gasteiger partial charge on any atom is 0.325 e. The highest BCUT2D eigenvalue weighted by atomic mass is 32.2. The van der Waals surface area contributed by atoms with E-state index in [0.717, 1.165) is 37.0 Å². The lowest BCUT2D eigenvalue weighted by atomic mass is 10.2. The predicted octanol–water partition coefficient (Wildman–Crippen LogP) is 1.91. The Morgan fingerprint density at radius 1 is 1.17 bits per heavy atom. The summed E-state index contributed by atoms with van der Waals surface area (Å²) in [6, 6.07) is 4.85. The number of carbonyl (C=O) groups is 3. The second-order valence-corrected chi connectivity index (χ2v) is 9.55. The third-order valence-electron chi connectivity index (χ3n) is 5.31. The van der Waals surface area contributed by atoms with Gasteiger partial charge in [-0.3, -0.25) is 14.5 Å². The Labute approximate surface area is 176 Å². The summed E-state index contributed by atoms with van der Waals surface area (Å²) in [5, 5.41) is 5.16. The minimum atomic E-state index is -3.64. The van der Waals surface area contributed by atoms with Crippen LogP contribution >= 0.6 is 0 Å². The lowest BCUT2D eigenvalue weighted by molar-refractivity contribution is -0.130. The summed E-state index contributed by atoms with van der Waals surface area (Å²) in [4.78, 5) is 37.6. The molecule has 3 rings (SSSR count). The zero-order chi connectivity index (χ0) is 21.7. The van der Waals surface area contributed by atoms with Gasteiger partial charge in [0.1, 0.15) is 12.6 Å². The fourth-order valence-corrected chi connectivity index (χ4v) is 5.28. The van der Waals surface area contributed by atoms with E-state index in [9.17, 15) is 22.8 Å². The summed E-state index contributed by atoms with van der Waals surface area (Å²) in [5.74, 6) is -0.991. The summed E-state index contributed by atoms with van der Waals surface area (Å²) in [6.07, 6.45) is 4.95. The Morgan fingerprint density at radius 2 is 1.87 bits per heavy atom. The third kappa shape index (κ3) is 4.99. The van der Waals surface area contributed by atoms with Crippen LogP contribution in [0.1, 0.15) is 45.4 Å². The van der Waals surface area contributed by atoms with Gasteiger partial charge in [0.25, 0.3) is 5.91 Å². The number of rotatable bonds is 7. The molecule has 1 aromatic rings. The van der Waals surface area contributed by atoms with E-state index < -0.39 is 40.5 Å². The molecule has 2 fully saturated rings. The summed E-state index contributed by atoms with van der Waals surface area (Å²) < 4.78 is 27.4. The van der Waals surface area contributed by atoms with Gasteiger partial charge in [-0.25, -0.2) is 13.2 Å². The quantitative estimate of drug-likeness (QED) is 0.634. The van der Waals surface area contributed by atoms with Crippen LogP contribution in [0.15, 0.2) is 29.2 Å². The minimum absolute atomic E-state index is 0.111. The van der Waals surface area contributed by atoms with Gasteiger partial charge in [0.2, 0.25) is 15.9 Å². The van der Waals surface area contributed by atoms with Crippen molar-refractivity contribution < 1.29 is 22.8 Å². The summed E-state index contributed by atoms with van der Waals surface area (Å²) in [6.45, 7) is 2.46. The van der Waals surface area contributed by atoms with Gasteiger partial charge < -0.3 is 10.6 Å². The number of imide groups is 1. The summed E-state index contributed by atoms with van der Waals surface area (Å²) in [5.41, 5.74) is 0.299. The first-order chi connectivity index (χ1) is 14.3. The first kappa shape index (κ1) is 22.2. The molecule has 10 heteroatoms. The van der Waals surface area contributed by atoms with Gasteiger partial charge in [0.05, 0.1) is 4.90 Å². The highest BCUT2D eigenvalue weighted by Crippen LogP contribution is 2.23. The van der Waals surface area contributed by atoms with Crippen LogP contribution in [0, 0.1) is 0 Å². The van der Waals surface area contributed by atoms with E-state index in [2.05, 4.69) is 10.6 Å². The molecule has 2 N–H and O–H groups in total. The largest absolute Gasteiger partial charge is 0.326 e. The van der Waals surface area contributed by atoms with E-state index in [-0.39, 0.29) is 4.90 Å². The van der Waals surface area contributed by atoms with Crippen molar-refractivity contribution in [3.63, 3.8) is 0 Å². The molecule has 30 heavy (non-hydrogen) atoms. The first-order valence-electron chi connectivity index (χ1n) is 10.3. The number of anilines is 1. The van der Waals surface area contributed by atoms with Crippen molar-refractivity contribution in [2.45, 2.75) is 56.4 Å². The number of hydrogen-bond donors (Lipinski definition) is 2. The van der Waals surface area contributed by atoms with Crippen LogP contribution in [0.5, 0.6) is 0 Å². The van der Waals surface area contributed by atoms with Gasteiger partial charge in [0, 0.05) is 18.8 Å². The van der Waals surface area contributed by atoms with Crippen molar-refractivity contribution >= 4 is 33.6 Å². The third-order valence-corrected chi connectivity index (χ3v) is 7.20. The average molecular weight is 437 g/mol. The van der Waals surface area contributed by atoms with Crippen molar-refractivity contribution in [3.05, 3.63) is 24.3 Å². The fraction of sp³-hybridized carbons (Fsp3) is 0.550. The van der Waals surface area contributed by atoms with Gasteiger partial charge in [-0.05, 0) is 37.5 Å². The first-order valence-corrected chi connectivity index (χ1v) is 11.8. The number of sulfonamides is 1. The monoisotopic (exact) mass is 436 g/mol. The Bertz CT molecular complexity index is 910. The van der Waals surface area contributed by atoms with Crippen molar-refractivity contribution in [1.82, 2.24) is 14.5 Å². The zero-order valence-corrected chi connectivity index (χ0v) is 17.9. The van der Waals surface area contributed by atoms with Crippen LogP contribution in [-0.4, -0.2) is 61.1 Å². The smallest absolute Gasteiger partial charge is 0.325 e. The van der Waals surface area contributed by atoms with Gasteiger partial charge in [0.15, 0.2) is 0 Å². The van der Waals surface area contributed by atoms with Crippen molar-refractivity contribution in [1.29, 1.82) is 0 Å². The van der Waals surface area contributed by atoms with Crippen molar-refractivity contribution in [3.8, 4) is 0 Å². The molecular formula is C20H28N4O5S. The highest BCUT2D eigenvalue weighted by Gasteiger charge is 2.38. The van der Waals surface area contributed by atoms with Crippen LogP contribution in [0.3, 0.4) is 0 Å². The molecule has 0 saturated carbocycles. The molecule has 2 heterocycles. The van der Waals surface area contributed by atoms with Crippen LogP contribution in [-0.2, 0) is 19.6 Å². The van der Waals surface area contributed by atoms with Crippen LogP contribution in [0.2, 0.25) is 0 Å². The molecule has 9 nitrogen and oxygen atoms in total. The van der Waals surface area contributed by atoms with E-state index >= 15 is 0 Å². The van der Waals surface area contributed by atoms with Crippen LogP contribution in [0.4, 0.5) is 10.5 Å². The molecule has 1 atom stereocenters. The molecule has 164 valence electrons. The summed E-state index contributed by atoms with van der Waals surface area (Å²) >= 11 is 0. The second-order valence-electron chi connectivity index (χ2n) is 7.61. The molecule has 2 saturated heterocycles. The molecule has 1 aromatic carbocycles. The Kier molecular flexibility index (Phi) is 7.09. The molecule has 0 aromatic heterocycles. The molecule has 0 bridgehead atoms. The molecule has 2 aliphatic rings. The van der Waals surface area contributed by atoms with Gasteiger partial charge >= 0.3 is 6.03 Å². The molecule has 4 amide bonds. The fourth-order valence-electron chi connectivity index (χ4n) is 3.72. The maximum absolute atomic E-state index is 12.9. The maximum atomic E-state index is 12.9. The van der Waals surface area contributed by atoms with Gasteiger partial charge in [-0.1, -0.05) is 32.3 Å². The van der Waals surface area contributed by atoms with Gasteiger partial charge in [-0.15, -0.1) is 0 Å². The normalized spacial score (nSPS) is 20.7. The highest BCUT2D eigenvalue weighted by molar-refractivity contribution is 7.89. The molecule has 0 spiro atoms. The SMILES string of the molecule is CCCC1NC(=O)N(CC(=O)Nc2cccc(S(=O)(=O)N3CCCCCC3)c2)C1=O. The zero-order valence-electron chi connectivity index (χ0n) is 17.1. The molecule has 0 aliphatic carbocycles. The van der Waals surface area contributed by atoms with E-state index in [4.69, 9.17) is 0 Å². The number of amides is 4. The number of hydrogen-bond acceptors (Lipinski definition) is 5. The number of nitrogens with zero attached hydrogens (tertiary/aromatic N) is 2. The average Bonchev–Trinajstić information content (AvgIpc) is 2.91. The lowest BCUT2D eigenvalue weighted by Crippen LogP contribution is -2.38. The Morgan fingerprint density at radius 3 is 2.53 bits per heavy atom. The van der Waals surface area contributed by atoms with E-state index in [1.807, 2.05) is 6.92 Å². The van der Waals surface area contributed by atoms with Crippen molar-refractivity contribution in [2.24, 2.45) is 0 Å². The van der Waals surface area contributed by atoms with Gasteiger partial charge in [-0.2, -0.15) is 4.31 Å². The number of urea groups is 1. The molecular weight excluding hydrogens is 408 g/mol. The molecule has 1 unspecified atom stereocenters. The number of nitrogens with one attached hydrogen (secondary N) is 2. The van der Waals surface area contributed by atoms with E-state index in [1.165, 1.54) is 16.4 Å². The van der Waals surface area contributed by atoms with Crippen molar-refractivity contribution in [2.75, 3.05) is 25.0 Å². The Balaban J connectivity index is 1.67. The standard InChI is InChI=1S/C20H28N4O5S/c1-2-8-17-19(26)24(20(27)22-17)14-18(25)21-15-9-7-10-16(13-15)30(28,29)23-11-5-3-4-6-12-23/h7,9-10,13,17H,2-6,8,11-12,14H2,1H3,(H,21,25)(H,22,27). The topological polar surface area (TPSA) is 116 Å². The van der Waals surface area contributed by atoms with Crippen LogP contribution in [0.25, 0.3) is 0 Å². The lowest BCUT2D eigenvalue weighted by Gasteiger charge is -2.20. The molecule has 0 radical (unpaired) electrons. The Hall–Kier alpha value is -2.46. The minimum Gasteiger partial charge on any atom is -0.326 e. The second kappa shape index (κ2) is 9.57. The number of benzene rings is 1.